The highest BCUT2D eigenvalue weighted by Gasteiger charge is 2.51. The van der Waals surface area contributed by atoms with Gasteiger partial charge in [-0.3, -0.25) is 0 Å². The number of rotatable bonds is 0. The fourth-order valence-corrected chi connectivity index (χ4v) is 6.18. The van der Waals surface area contributed by atoms with Crippen molar-refractivity contribution in [1.82, 2.24) is 3.71 Å². The van der Waals surface area contributed by atoms with E-state index in [1.807, 2.05) is 0 Å². The maximum atomic E-state index is 11.7. The van der Waals surface area contributed by atoms with Crippen LogP contribution in [0.5, 0.6) is 0 Å². The Balaban J connectivity index is 3.40. The van der Waals surface area contributed by atoms with E-state index in [0.717, 1.165) is 7.05 Å². The van der Waals surface area contributed by atoms with Crippen LogP contribution < -0.4 is 0 Å². The van der Waals surface area contributed by atoms with Crippen LogP contribution in [0, 0.1) is 0 Å². The fourth-order valence-electron chi connectivity index (χ4n) is 1.64. The van der Waals surface area contributed by atoms with Crippen LogP contribution in [0.2, 0.25) is 0 Å². The second-order valence-corrected chi connectivity index (χ2v) is 9.42. The monoisotopic (exact) mass is 241 g/mol. The predicted molar refractivity (Wildman–Crippen MR) is 53.8 cm³/mol. The van der Waals surface area contributed by atoms with Crippen molar-refractivity contribution in [3.05, 3.63) is 0 Å². The minimum Gasteiger partial charge on any atom is -0.211 e. The predicted octanol–water partition coefficient (Wildman–Crippen LogP) is 0.149. The third-order valence-electron chi connectivity index (χ3n) is 2.68. The summed E-state index contributed by atoms with van der Waals surface area (Å²) in [6, 6.07) is 0. The van der Waals surface area contributed by atoms with Crippen molar-refractivity contribution in [1.29, 1.82) is 0 Å². The van der Waals surface area contributed by atoms with Crippen LogP contribution in [0.1, 0.15) is 27.2 Å². The lowest BCUT2D eigenvalue weighted by atomic mass is 10.1. The first kappa shape index (κ1) is 11.9. The molecule has 1 fully saturated rings. The molecular weight excluding hydrogens is 226 g/mol. The molecule has 0 aromatic rings. The molecule has 5 nitrogen and oxygen atoms in total. The highest BCUT2D eigenvalue weighted by molar-refractivity contribution is 8.05. The normalized spacial score (nSPS) is 35.3. The maximum Gasteiger partial charge on any atom is 0.232 e. The molecular formula is C7H15NO4S2. The quantitative estimate of drug-likeness (QED) is 0.605. The summed E-state index contributed by atoms with van der Waals surface area (Å²) in [6.07, 6.45) is 0.141. The van der Waals surface area contributed by atoms with Gasteiger partial charge in [0.25, 0.3) is 0 Å². The van der Waals surface area contributed by atoms with Gasteiger partial charge in [0.1, 0.15) is 0 Å². The molecule has 0 aliphatic carbocycles. The zero-order chi connectivity index (χ0) is 11.4. The van der Waals surface area contributed by atoms with Crippen molar-refractivity contribution in [2.45, 2.75) is 37.2 Å². The molecule has 0 spiro atoms. The SMILES string of the molecule is CC1CC(C)(C)S(=O)(=O)N(C)S1(=O)=O. The molecule has 7 heteroatoms. The van der Waals surface area contributed by atoms with Gasteiger partial charge in [-0.15, -0.1) is 0 Å². The van der Waals surface area contributed by atoms with E-state index in [1.54, 1.807) is 13.8 Å². The summed E-state index contributed by atoms with van der Waals surface area (Å²) in [7, 11) is -6.31. The first-order chi connectivity index (χ1) is 6.03. The van der Waals surface area contributed by atoms with E-state index in [-0.39, 0.29) is 6.42 Å². The van der Waals surface area contributed by atoms with Gasteiger partial charge in [-0.05, 0) is 27.2 Å². The Bertz CT molecular complexity index is 434. The van der Waals surface area contributed by atoms with Gasteiger partial charge < -0.3 is 0 Å². The summed E-state index contributed by atoms with van der Waals surface area (Å²) in [5.41, 5.74) is 0. The molecule has 84 valence electrons. The third kappa shape index (κ3) is 1.38. The minimum atomic E-state index is -3.73. The standard InChI is InChI=1S/C7H15NO4S2/c1-6-5-7(2,3)14(11,12)8(4)13(6,9)10/h6H,5H2,1-4H3. The Morgan fingerprint density at radius 3 is 2.07 bits per heavy atom. The van der Waals surface area contributed by atoms with Crippen molar-refractivity contribution in [3.8, 4) is 0 Å². The smallest absolute Gasteiger partial charge is 0.211 e. The van der Waals surface area contributed by atoms with Crippen molar-refractivity contribution < 1.29 is 16.8 Å². The summed E-state index contributed by atoms with van der Waals surface area (Å²) in [5.74, 6) is 0. The van der Waals surface area contributed by atoms with E-state index >= 15 is 0 Å². The number of hydrogen-bond donors (Lipinski definition) is 0. The highest BCUT2D eigenvalue weighted by Crippen LogP contribution is 2.35. The summed E-state index contributed by atoms with van der Waals surface area (Å²) in [6.45, 7) is 4.62. The second kappa shape index (κ2) is 2.93. The molecule has 1 rings (SSSR count). The molecule has 0 aromatic carbocycles. The zero-order valence-electron chi connectivity index (χ0n) is 8.68. The molecule has 1 aliphatic heterocycles. The molecule has 0 bridgehead atoms. The first-order valence-corrected chi connectivity index (χ1v) is 7.20. The number of sulfonamides is 2. The molecule has 0 amide bonds. The lowest BCUT2D eigenvalue weighted by molar-refractivity contribution is 0.446. The van der Waals surface area contributed by atoms with Gasteiger partial charge in [0.15, 0.2) is 0 Å². The van der Waals surface area contributed by atoms with Crippen LogP contribution in [0.25, 0.3) is 0 Å². The first-order valence-electron chi connectivity index (χ1n) is 4.26. The van der Waals surface area contributed by atoms with Crippen LogP contribution >= 0.6 is 0 Å². The van der Waals surface area contributed by atoms with Crippen LogP contribution in [-0.4, -0.2) is 37.6 Å². The molecule has 1 heterocycles. The second-order valence-electron chi connectivity index (χ2n) is 4.20. The fraction of sp³-hybridized carbons (Fsp3) is 1.00. The van der Waals surface area contributed by atoms with Gasteiger partial charge in [0.2, 0.25) is 20.0 Å². The topological polar surface area (TPSA) is 71.5 Å². The van der Waals surface area contributed by atoms with E-state index in [4.69, 9.17) is 0 Å². The van der Waals surface area contributed by atoms with Crippen molar-refractivity contribution in [2.75, 3.05) is 7.05 Å². The van der Waals surface area contributed by atoms with Crippen LogP contribution in [0.15, 0.2) is 0 Å². The van der Waals surface area contributed by atoms with E-state index in [0.29, 0.717) is 3.71 Å². The Morgan fingerprint density at radius 1 is 1.21 bits per heavy atom. The van der Waals surface area contributed by atoms with Crippen LogP contribution in [0.4, 0.5) is 0 Å². The third-order valence-corrected chi connectivity index (χ3v) is 8.04. The Morgan fingerprint density at radius 2 is 1.64 bits per heavy atom. The van der Waals surface area contributed by atoms with E-state index in [1.165, 1.54) is 6.92 Å². The molecule has 0 N–H and O–H groups in total. The average molecular weight is 241 g/mol. The molecule has 0 aromatic heterocycles. The molecule has 1 aliphatic rings. The molecule has 1 unspecified atom stereocenters. The zero-order valence-corrected chi connectivity index (χ0v) is 10.3. The van der Waals surface area contributed by atoms with Crippen LogP contribution in [0.3, 0.4) is 0 Å². The lowest BCUT2D eigenvalue weighted by Gasteiger charge is -2.38. The lowest BCUT2D eigenvalue weighted by Crippen LogP contribution is -2.55. The van der Waals surface area contributed by atoms with Crippen molar-refractivity contribution in [2.24, 2.45) is 0 Å². The highest BCUT2D eigenvalue weighted by atomic mass is 32.3. The van der Waals surface area contributed by atoms with Gasteiger partial charge in [0, 0.05) is 7.05 Å². The Hall–Kier alpha value is -0.140. The van der Waals surface area contributed by atoms with Gasteiger partial charge >= 0.3 is 0 Å². The molecule has 0 radical (unpaired) electrons. The van der Waals surface area contributed by atoms with Gasteiger partial charge in [0.05, 0.1) is 10.00 Å². The molecule has 1 saturated heterocycles. The molecule has 0 saturated carbocycles. The average Bonchev–Trinajstić information content (AvgIpc) is 1.99. The van der Waals surface area contributed by atoms with E-state index in [2.05, 4.69) is 0 Å². The van der Waals surface area contributed by atoms with Crippen LogP contribution in [-0.2, 0) is 20.0 Å². The van der Waals surface area contributed by atoms with Crippen molar-refractivity contribution in [3.63, 3.8) is 0 Å². The largest absolute Gasteiger partial charge is 0.232 e. The molecule has 1 atom stereocenters. The Labute approximate surface area is 85.2 Å². The summed E-state index contributed by atoms with van der Waals surface area (Å²) >= 11 is 0. The van der Waals surface area contributed by atoms with Gasteiger partial charge in [-0.1, -0.05) is 3.71 Å². The van der Waals surface area contributed by atoms with E-state index in [9.17, 15) is 16.8 Å². The molecule has 14 heavy (non-hydrogen) atoms. The van der Waals surface area contributed by atoms with E-state index < -0.39 is 30.0 Å². The number of hydrogen-bond acceptors (Lipinski definition) is 4. The number of nitrogens with zero attached hydrogens (tertiary/aromatic N) is 1. The maximum absolute atomic E-state index is 11.7. The summed E-state index contributed by atoms with van der Waals surface area (Å²) in [4.78, 5) is 0. The van der Waals surface area contributed by atoms with Crippen molar-refractivity contribution >= 4 is 20.0 Å². The van der Waals surface area contributed by atoms with Gasteiger partial charge in [-0.2, -0.15) is 0 Å². The summed E-state index contributed by atoms with van der Waals surface area (Å²) in [5, 5.41) is -0.647. The van der Waals surface area contributed by atoms with Gasteiger partial charge in [-0.25, -0.2) is 16.8 Å². The minimum absolute atomic E-state index is 0.141. The summed E-state index contributed by atoms with van der Waals surface area (Å²) < 4.78 is 46.1. The Kier molecular flexibility index (Phi) is 2.49.